The zero-order valence-electron chi connectivity index (χ0n) is 21.4. The fourth-order valence-electron chi connectivity index (χ4n) is 3.55. The topological polar surface area (TPSA) is 127 Å². The lowest BCUT2D eigenvalue weighted by Crippen LogP contribution is -2.43. The summed E-state index contributed by atoms with van der Waals surface area (Å²) in [7, 11) is 0. The molecule has 0 bridgehead atoms. The lowest BCUT2D eigenvalue weighted by atomic mass is 9.96. The number of aliphatic carboxylic acids is 1. The molecule has 1 atom stereocenters. The standard InChI is InChI=1S/C26H46O8/c1-4-5-13-17-22(27)34-24(29)20-26(32,25(30)31)19-23(28)33-18-15-12-10-8-6-7-9-11-14-16-21(2)3/h21,32H,4-20H2,1-3H3,(H,30,31). The van der Waals surface area contributed by atoms with Crippen LogP contribution in [-0.4, -0.2) is 46.3 Å². The average molecular weight is 487 g/mol. The highest BCUT2D eigenvalue weighted by atomic mass is 16.6. The number of aliphatic hydroxyl groups is 1. The molecule has 34 heavy (non-hydrogen) atoms. The lowest BCUT2D eigenvalue weighted by molar-refractivity contribution is -0.175. The lowest BCUT2D eigenvalue weighted by Gasteiger charge is -2.21. The Morgan fingerprint density at radius 1 is 0.735 bits per heavy atom. The smallest absolute Gasteiger partial charge is 0.336 e. The number of hydrogen-bond donors (Lipinski definition) is 2. The summed E-state index contributed by atoms with van der Waals surface area (Å²) in [5, 5.41) is 19.5. The zero-order chi connectivity index (χ0) is 25.8. The summed E-state index contributed by atoms with van der Waals surface area (Å²) in [5.41, 5.74) is -2.67. The third kappa shape index (κ3) is 17.5. The van der Waals surface area contributed by atoms with Crippen LogP contribution < -0.4 is 0 Å². The number of hydrogen-bond acceptors (Lipinski definition) is 7. The van der Waals surface area contributed by atoms with Gasteiger partial charge in [-0.15, -0.1) is 0 Å². The third-order valence-corrected chi connectivity index (χ3v) is 5.67. The van der Waals surface area contributed by atoms with Gasteiger partial charge in [0.25, 0.3) is 0 Å². The van der Waals surface area contributed by atoms with Gasteiger partial charge < -0.3 is 19.7 Å². The molecule has 0 fully saturated rings. The van der Waals surface area contributed by atoms with Gasteiger partial charge in [0.15, 0.2) is 5.60 Å². The minimum atomic E-state index is -2.67. The second-order valence-electron chi connectivity index (χ2n) is 9.58. The fraction of sp³-hybridized carbons (Fsp3) is 0.846. The molecule has 8 heteroatoms. The highest BCUT2D eigenvalue weighted by molar-refractivity contribution is 5.92. The first-order valence-electron chi connectivity index (χ1n) is 13.0. The second kappa shape index (κ2) is 19.4. The molecule has 0 rings (SSSR count). The number of carbonyl (C=O) groups excluding carboxylic acids is 3. The number of carboxylic acids is 1. The van der Waals surface area contributed by atoms with E-state index < -0.39 is 42.3 Å². The second-order valence-corrected chi connectivity index (χ2v) is 9.58. The molecule has 0 amide bonds. The van der Waals surface area contributed by atoms with Crippen molar-refractivity contribution in [1.29, 1.82) is 0 Å². The number of unbranched alkanes of at least 4 members (excludes halogenated alkanes) is 10. The van der Waals surface area contributed by atoms with Gasteiger partial charge in [-0.1, -0.05) is 91.4 Å². The van der Waals surface area contributed by atoms with Crippen LogP contribution in [0, 0.1) is 5.92 Å². The number of esters is 3. The van der Waals surface area contributed by atoms with Crippen LogP contribution in [0.3, 0.4) is 0 Å². The van der Waals surface area contributed by atoms with E-state index in [1.807, 2.05) is 6.92 Å². The number of carbonyl (C=O) groups is 4. The summed E-state index contributed by atoms with van der Waals surface area (Å²) in [6.07, 6.45) is 11.7. The minimum absolute atomic E-state index is 0.0332. The van der Waals surface area contributed by atoms with Crippen molar-refractivity contribution in [3.8, 4) is 0 Å². The predicted molar refractivity (Wildman–Crippen MR) is 129 cm³/mol. The fourth-order valence-corrected chi connectivity index (χ4v) is 3.55. The Kier molecular flexibility index (Phi) is 18.2. The van der Waals surface area contributed by atoms with Crippen LogP contribution in [-0.2, 0) is 28.7 Å². The van der Waals surface area contributed by atoms with E-state index in [4.69, 9.17) is 4.74 Å². The number of carboxylic acid groups (broad SMARTS) is 1. The number of ether oxygens (including phenoxy) is 2. The SMILES string of the molecule is CCCCCC(=O)OC(=O)CC(O)(CC(=O)OCCCCCCCCCCCC(C)C)C(=O)O. The van der Waals surface area contributed by atoms with Crippen molar-refractivity contribution in [1.82, 2.24) is 0 Å². The van der Waals surface area contributed by atoms with Gasteiger partial charge in [0, 0.05) is 6.42 Å². The first-order valence-corrected chi connectivity index (χ1v) is 13.0. The maximum absolute atomic E-state index is 12.0. The van der Waals surface area contributed by atoms with Crippen molar-refractivity contribution >= 4 is 23.9 Å². The van der Waals surface area contributed by atoms with E-state index in [1.54, 1.807) is 0 Å². The van der Waals surface area contributed by atoms with E-state index in [0.29, 0.717) is 12.8 Å². The Labute approximate surface area is 204 Å². The van der Waals surface area contributed by atoms with Gasteiger partial charge in [-0.25, -0.2) is 4.79 Å². The van der Waals surface area contributed by atoms with E-state index in [-0.39, 0.29) is 13.0 Å². The monoisotopic (exact) mass is 486 g/mol. The average Bonchev–Trinajstić information content (AvgIpc) is 2.74. The van der Waals surface area contributed by atoms with Crippen molar-refractivity contribution in [2.24, 2.45) is 5.92 Å². The largest absolute Gasteiger partial charge is 0.479 e. The van der Waals surface area contributed by atoms with Crippen molar-refractivity contribution < 1.29 is 38.9 Å². The van der Waals surface area contributed by atoms with Crippen molar-refractivity contribution in [3.63, 3.8) is 0 Å². The first kappa shape index (κ1) is 32.0. The molecule has 1 unspecified atom stereocenters. The summed E-state index contributed by atoms with van der Waals surface area (Å²) in [5.74, 6) is -3.84. The van der Waals surface area contributed by atoms with Crippen LogP contribution in [0.1, 0.15) is 124 Å². The highest BCUT2D eigenvalue weighted by Crippen LogP contribution is 2.19. The van der Waals surface area contributed by atoms with E-state index >= 15 is 0 Å². The van der Waals surface area contributed by atoms with Crippen molar-refractivity contribution in [3.05, 3.63) is 0 Å². The summed E-state index contributed by atoms with van der Waals surface area (Å²) in [6, 6.07) is 0. The van der Waals surface area contributed by atoms with Crippen molar-refractivity contribution in [2.75, 3.05) is 6.61 Å². The van der Waals surface area contributed by atoms with Gasteiger partial charge in [0.1, 0.15) is 0 Å². The predicted octanol–water partition coefficient (Wildman–Crippen LogP) is 5.33. The van der Waals surface area contributed by atoms with E-state index in [1.165, 1.54) is 38.5 Å². The van der Waals surface area contributed by atoms with E-state index in [9.17, 15) is 29.4 Å². The maximum Gasteiger partial charge on any atom is 0.336 e. The van der Waals surface area contributed by atoms with Gasteiger partial charge in [-0.3, -0.25) is 14.4 Å². The molecule has 0 aliphatic heterocycles. The molecule has 0 saturated heterocycles. The molecule has 0 saturated carbocycles. The Bertz CT molecular complexity index is 602. The van der Waals surface area contributed by atoms with Crippen LogP contribution in [0.2, 0.25) is 0 Å². The van der Waals surface area contributed by atoms with E-state index in [2.05, 4.69) is 18.6 Å². The van der Waals surface area contributed by atoms with Crippen molar-refractivity contribution in [2.45, 2.75) is 129 Å². The Morgan fingerprint density at radius 3 is 1.79 bits per heavy atom. The van der Waals surface area contributed by atoms with Gasteiger partial charge in [-0.05, 0) is 18.8 Å². The van der Waals surface area contributed by atoms with Gasteiger partial charge in [0.2, 0.25) is 0 Å². The molecule has 0 aromatic carbocycles. The third-order valence-electron chi connectivity index (χ3n) is 5.67. The molecular formula is C26H46O8. The molecule has 0 aromatic heterocycles. The Balaban J connectivity index is 4.03. The molecule has 8 nitrogen and oxygen atoms in total. The molecular weight excluding hydrogens is 440 g/mol. The quantitative estimate of drug-likeness (QED) is 0.127. The molecule has 2 N–H and O–H groups in total. The molecule has 0 aromatic rings. The summed E-state index contributed by atoms with van der Waals surface area (Å²) < 4.78 is 9.58. The molecule has 0 spiro atoms. The zero-order valence-corrected chi connectivity index (χ0v) is 21.4. The van der Waals surface area contributed by atoms with Crippen LogP contribution in [0.4, 0.5) is 0 Å². The van der Waals surface area contributed by atoms with Gasteiger partial charge >= 0.3 is 23.9 Å². The summed E-state index contributed by atoms with van der Waals surface area (Å²) in [4.78, 5) is 46.9. The van der Waals surface area contributed by atoms with E-state index in [0.717, 1.165) is 38.0 Å². The Hall–Kier alpha value is -1.96. The van der Waals surface area contributed by atoms with Gasteiger partial charge in [0.05, 0.1) is 19.4 Å². The normalized spacial score (nSPS) is 12.9. The summed E-state index contributed by atoms with van der Waals surface area (Å²) >= 11 is 0. The molecule has 0 heterocycles. The molecule has 0 aliphatic rings. The van der Waals surface area contributed by atoms with Crippen LogP contribution in [0.5, 0.6) is 0 Å². The van der Waals surface area contributed by atoms with Crippen LogP contribution in [0.15, 0.2) is 0 Å². The highest BCUT2D eigenvalue weighted by Gasteiger charge is 2.42. The molecule has 0 radical (unpaired) electrons. The number of rotatable bonds is 21. The summed E-state index contributed by atoms with van der Waals surface area (Å²) in [6.45, 7) is 6.59. The minimum Gasteiger partial charge on any atom is -0.479 e. The molecule has 198 valence electrons. The Morgan fingerprint density at radius 2 is 1.26 bits per heavy atom. The van der Waals surface area contributed by atoms with Gasteiger partial charge in [-0.2, -0.15) is 0 Å². The van der Waals surface area contributed by atoms with Crippen LogP contribution in [0.25, 0.3) is 0 Å². The maximum atomic E-state index is 12.0. The first-order chi connectivity index (χ1) is 16.1. The van der Waals surface area contributed by atoms with Crippen LogP contribution >= 0.6 is 0 Å². The molecule has 0 aliphatic carbocycles.